The molecule has 0 heterocycles. The van der Waals surface area contributed by atoms with Crippen molar-refractivity contribution in [3.8, 4) is 6.07 Å². The van der Waals surface area contributed by atoms with Gasteiger partial charge in [0, 0.05) is 13.2 Å². The fourth-order valence-corrected chi connectivity index (χ4v) is 1.73. The van der Waals surface area contributed by atoms with Gasteiger partial charge < -0.3 is 15.2 Å². The Kier molecular flexibility index (Phi) is 4.72. The summed E-state index contributed by atoms with van der Waals surface area (Å²) < 4.78 is 18.7. The highest BCUT2D eigenvalue weighted by molar-refractivity contribution is 5.57. The van der Waals surface area contributed by atoms with Crippen molar-refractivity contribution in [2.75, 3.05) is 25.1 Å². The van der Waals surface area contributed by atoms with Gasteiger partial charge >= 0.3 is 0 Å². The first kappa shape index (κ1) is 13.8. The summed E-state index contributed by atoms with van der Waals surface area (Å²) in [5.41, 5.74) is 0.359. The summed E-state index contributed by atoms with van der Waals surface area (Å²) >= 11 is 0. The predicted octanol–water partition coefficient (Wildman–Crippen LogP) is 1.90. The minimum absolute atomic E-state index is 0.0337. The molecule has 2 rings (SSSR count). The summed E-state index contributed by atoms with van der Waals surface area (Å²) in [6, 6.07) is 6.17. The Labute approximate surface area is 111 Å². The van der Waals surface area contributed by atoms with E-state index in [-0.39, 0.29) is 18.7 Å². The van der Waals surface area contributed by atoms with Gasteiger partial charge in [0.2, 0.25) is 0 Å². The third kappa shape index (κ3) is 4.19. The summed E-state index contributed by atoms with van der Waals surface area (Å²) in [5.74, 6) is 0.0977. The molecule has 0 radical (unpaired) electrons. The molecule has 1 aromatic rings. The normalized spacial score (nSPS) is 15.8. The molecular weight excluding hydrogens is 247 g/mol. The highest BCUT2D eigenvalue weighted by Crippen LogP contribution is 2.28. The van der Waals surface area contributed by atoms with Gasteiger partial charge in [0.1, 0.15) is 17.4 Å². The van der Waals surface area contributed by atoms with E-state index in [1.165, 1.54) is 25.0 Å². The number of nitrogens with one attached hydrogen (secondary N) is 1. The van der Waals surface area contributed by atoms with Crippen LogP contribution in [0.5, 0.6) is 0 Å². The van der Waals surface area contributed by atoms with Crippen molar-refractivity contribution >= 4 is 5.69 Å². The van der Waals surface area contributed by atoms with E-state index in [0.29, 0.717) is 18.2 Å². The Hall–Kier alpha value is -1.64. The molecule has 1 unspecified atom stereocenters. The summed E-state index contributed by atoms with van der Waals surface area (Å²) in [4.78, 5) is 0. The van der Waals surface area contributed by atoms with Crippen LogP contribution in [0, 0.1) is 23.1 Å². The van der Waals surface area contributed by atoms with Crippen LogP contribution < -0.4 is 5.32 Å². The minimum atomic E-state index is -0.673. The van der Waals surface area contributed by atoms with Gasteiger partial charge in [-0.2, -0.15) is 5.26 Å². The summed E-state index contributed by atoms with van der Waals surface area (Å²) in [7, 11) is 0. The van der Waals surface area contributed by atoms with Crippen molar-refractivity contribution in [3.63, 3.8) is 0 Å². The Morgan fingerprint density at radius 2 is 2.32 bits per heavy atom. The maximum absolute atomic E-state index is 13.3. The Morgan fingerprint density at radius 1 is 1.53 bits per heavy atom. The van der Waals surface area contributed by atoms with Crippen LogP contribution in [-0.4, -0.2) is 31.0 Å². The zero-order chi connectivity index (χ0) is 13.7. The Bertz CT molecular complexity index is 469. The quantitative estimate of drug-likeness (QED) is 0.789. The molecule has 2 N–H and O–H groups in total. The zero-order valence-electron chi connectivity index (χ0n) is 10.6. The van der Waals surface area contributed by atoms with Crippen molar-refractivity contribution in [1.29, 1.82) is 5.26 Å². The molecule has 1 aliphatic rings. The van der Waals surface area contributed by atoms with E-state index in [2.05, 4.69) is 5.32 Å². The molecule has 5 heteroatoms. The Balaban J connectivity index is 1.77. The van der Waals surface area contributed by atoms with Crippen LogP contribution in [0.15, 0.2) is 18.2 Å². The molecule has 0 aliphatic heterocycles. The van der Waals surface area contributed by atoms with Gasteiger partial charge in [-0.15, -0.1) is 0 Å². The first-order valence-electron chi connectivity index (χ1n) is 6.39. The largest absolute Gasteiger partial charge is 0.389 e. The number of ether oxygens (including phenoxy) is 1. The summed E-state index contributed by atoms with van der Waals surface area (Å²) in [6.45, 7) is 1.17. The molecule has 0 spiro atoms. The van der Waals surface area contributed by atoms with Crippen LogP contribution in [0.4, 0.5) is 10.1 Å². The molecular formula is C14H17FN2O2. The van der Waals surface area contributed by atoms with Gasteiger partial charge in [0.05, 0.1) is 18.4 Å². The van der Waals surface area contributed by atoms with E-state index in [1.54, 1.807) is 12.1 Å². The van der Waals surface area contributed by atoms with E-state index in [9.17, 15) is 9.50 Å². The molecule has 0 aromatic heterocycles. The number of aliphatic hydroxyl groups is 1. The predicted molar refractivity (Wildman–Crippen MR) is 69.2 cm³/mol. The summed E-state index contributed by atoms with van der Waals surface area (Å²) in [5, 5.41) is 21.4. The number of halogens is 1. The van der Waals surface area contributed by atoms with E-state index >= 15 is 0 Å². The van der Waals surface area contributed by atoms with Crippen LogP contribution in [0.25, 0.3) is 0 Å². The average Bonchev–Trinajstić information content (AvgIpc) is 3.20. The SMILES string of the molecule is N#Cc1c(F)cccc1NCC(O)COCC1CC1. The molecule has 102 valence electrons. The molecule has 0 amide bonds. The molecule has 1 atom stereocenters. The van der Waals surface area contributed by atoms with Crippen molar-refractivity contribution in [1.82, 2.24) is 0 Å². The fraction of sp³-hybridized carbons (Fsp3) is 0.500. The maximum atomic E-state index is 13.3. The van der Waals surface area contributed by atoms with Gasteiger partial charge in [-0.25, -0.2) is 4.39 Å². The maximum Gasteiger partial charge on any atom is 0.143 e. The molecule has 1 aromatic carbocycles. The number of nitrogens with zero attached hydrogens (tertiary/aromatic N) is 1. The van der Waals surface area contributed by atoms with E-state index < -0.39 is 11.9 Å². The number of aliphatic hydroxyl groups excluding tert-OH is 1. The first-order valence-corrected chi connectivity index (χ1v) is 6.39. The molecule has 1 aliphatic carbocycles. The highest BCUT2D eigenvalue weighted by Gasteiger charge is 2.21. The van der Waals surface area contributed by atoms with Crippen molar-refractivity contribution < 1.29 is 14.2 Å². The van der Waals surface area contributed by atoms with Gasteiger partial charge in [0.15, 0.2) is 0 Å². The smallest absolute Gasteiger partial charge is 0.143 e. The average molecular weight is 264 g/mol. The molecule has 1 fully saturated rings. The van der Waals surface area contributed by atoms with Crippen LogP contribution >= 0.6 is 0 Å². The zero-order valence-corrected chi connectivity index (χ0v) is 10.6. The van der Waals surface area contributed by atoms with Gasteiger partial charge in [0.25, 0.3) is 0 Å². The molecule has 0 bridgehead atoms. The number of benzene rings is 1. The number of rotatable bonds is 7. The molecule has 0 saturated heterocycles. The van der Waals surface area contributed by atoms with Gasteiger partial charge in [-0.05, 0) is 30.9 Å². The molecule has 19 heavy (non-hydrogen) atoms. The monoisotopic (exact) mass is 264 g/mol. The van der Waals surface area contributed by atoms with Crippen LogP contribution in [0.1, 0.15) is 18.4 Å². The topological polar surface area (TPSA) is 65.3 Å². The van der Waals surface area contributed by atoms with Crippen LogP contribution in [-0.2, 0) is 4.74 Å². The third-order valence-corrected chi connectivity index (χ3v) is 3.01. The second-order valence-corrected chi connectivity index (χ2v) is 4.79. The minimum Gasteiger partial charge on any atom is -0.389 e. The molecule has 1 saturated carbocycles. The first-order chi connectivity index (χ1) is 9.20. The van der Waals surface area contributed by atoms with Gasteiger partial charge in [-0.3, -0.25) is 0 Å². The van der Waals surface area contributed by atoms with E-state index in [0.717, 1.165) is 0 Å². The third-order valence-electron chi connectivity index (χ3n) is 3.01. The second-order valence-electron chi connectivity index (χ2n) is 4.79. The number of hydrogen-bond acceptors (Lipinski definition) is 4. The van der Waals surface area contributed by atoms with Crippen LogP contribution in [0.2, 0.25) is 0 Å². The lowest BCUT2D eigenvalue weighted by molar-refractivity contribution is 0.0386. The highest BCUT2D eigenvalue weighted by atomic mass is 19.1. The number of nitriles is 1. The number of hydrogen-bond donors (Lipinski definition) is 2. The fourth-order valence-electron chi connectivity index (χ4n) is 1.73. The van der Waals surface area contributed by atoms with Crippen molar-refractivity contribution in [2.24, 2.45) is 5.92 Å². The second kappa shape index (κ2) is 6.50. The Morgan fingerprint density at radius 3 is 3.00 bits per heavy atom. The molecule has 4 nitrogen and oxygen atoms in total. The van der Waals surface area contributed by atoms with Gasteiger partial charge in [-0.1, -0.05) is 6.07 Å². The standard InChI is InChI=1S/C14H17FN2O2/c15-13-2-1-3-14(12(13)6-16)17-7-11(18)9-19-8-10-4-5-10/h1-3,10-11,17-18H,4-5,7-9H2. The van der Waals surface area contributed by atoms with Crippen molar-refractivity contribution in [2.45, 2.75) is 18.9 Å². The summed E-state index contributed by atoms with van der Waals surface area (Å²) in [6.07, 6.45) is 1.75. The van der Waals surface area contributed by atoms with E-state index in [1.807, 2.05) is 0 Å². The lowest BCUT2D eigenvalue weighted by Crippen LogP contribution is -2.25. The van der Waals surface area contributed by atoms with Crippen molar-refractivity contribution in [3.05, 3.63) is 29.6 Å². The number of anilines is 1. The lowest BCUT2D eigenvalue weighted by atomic mass is 10.2. The lowest BCUT2D eigenvalue weighted by Gasteiger charge is -2.14. The van der Waals surface area contributed by atoms with Crippen LogP contribution in [0.3, 0.4) is 0 Å². The van der Waals surface area contributed by atoms with E-state index in [4.69, 9.17) is 10.00 Å².